The molecule has 0 unspecified atom stereocenters. The third-order valence-corrected chi connectivity index (χ3v) is 3.75. The van der Waals surface area contributed by atoms with Crippen molar-refractivity contribution in [3.63, 3.8) is 0 Å². The molecule has 3 N–H and O–H groups in total. The lowest BCUT2D eigenvalue weighted by molar-refractivity contribution is 0.410. The Balaban J connectivity index is 1.94. The molecule has 1 aliphatic rings. The molecule has 0 saturated heterocycles. The molecule has 0 aromatic carbocycles. The van der Waals surface area contributed by atoms with Gasteiger partial charge in [0.05, 0.1) is 0 Å². The molecule has 2 rings (SSSR count). The van der Waals surface area contributed by atoms with Crippen LogP contribution in [0.3, 0.4) is 0 Å². The van der Waals surface area contributed by atoms with E-state index in [-0.39, 0.29) is 5.41 Å². The Bertz CT molecular complexity index is 370. The number of pyridine rings is 1. The Morgan fingerprint density at radius 3 is 2.33 bits per heavy atom. The molecule has 1 fully saturated rings. The zero-order valence-electron chi connectivity index (χ0n) is 11.7. The van der Waals surface area contributed by atoms with E-state index in [2.05, 4.69) is 43.2 Å². The van der Waals surface area contributed by atoms with Gasteiger partial charge in [0.2, 0.25) is 0 Å². The highest BCUT2D eigenvalue weighted by Crippen LogP contribution is 2.24. The standard InChI is InChI=1S/C15H25N3/c1-15(2,3)11-4-9-14(17-10-11)18-13-7-5-12(16)6-8-13/h4,9-10,12-13H,5-8,16H2,1-3H3,(H,17,18). The van der Waals surface area contributed by atoms with Crippen LogP contribution in [0.4, 0.5) is 5.82 Å². The number of rotatable bonds is 2. The van der Waals surface area contributed by atoms with Crippen LogP contribution in [0.25, 0.3) is 0 Å². The Hall–Kier alpha value is -1.09. The second kappa shape index (κ2) is 5.27. The summed E-state index contributed by atoms with van der Waals surface area (Å²) in [5, 5.41) is 3.51. The molecule has 0 aliphatic heterocycles. The fourth-order valence-electron chi connectivity index (χ4n) is 2.40. The number of aromatic nitrogens is 1. The summed E-state index contributed by atoms with van der Waals surface area (Å²) in [5.41, 5.74) is 7.36. The van der Waals surface area contributed by atoms with E-state index in [1.54, 1.807) is 0 Å². The third kappa shape index (κ3) is 3.45. The van der Waals surface area contributed by atoms with E-state index < -0.39 is 0 Å². The van der Waals surface area contributed by atoms with Crippen molar-refractivity contribution in [2.75, 3.05) is 5.32 Å². The molecule has 0 radical (unpaired) electrons. The second-order valence-electron chi connectivity index (χ2n) is 6.44. The average molecular weight is 247 g/mol. The molecule has 0 atom stereocenters. The van der Waals surface area contributed by atoms with E-state index in [0.717, 1.165) is 31.5 Å². The first-order chi connectivity index (χ1) is 8.45. The number of nitrogens with two attached hydrogens (primary N) is 1. The van der Waals surface area contributed by atoms with Gasteiger partial charge in [-0.15, -0.1) is 0 Å². The van der Waals surface area contributed by atoms with Gasteiger partial charge in [0.15, 0.2) is 0 Å². The highest BCUT2D eigenvalue weighted by molar-refractivity contribution is 5.38. The quantitative estimate of drug-likeness (QED) is 0.844. The highest BCUT2D eigenvalue weighted by Gasteiger charge is 2.19. The second-order valence-corrected chi connectivity index (χ2v) is 6.44. The predicted octanol–water partition coefficient (Wildman–Crippen LogP) is 3.06. The van der Waals surface area contributed by atoms with Gasteiger partial charge >= 0.3 is 0 Å². The summed E-state index contributed by atoms with van der Waals surface area (Å²) in [6, 6.07) is 5.20. The highest BCUT2D eigenvalue weighted by atomic mass is 15.0. The van der Waals surface area contributed by atoms with Crippen LogP contribution in [0, 0.1) is 0 Å². The molecule has 1 aromatic rings. The minimum Gasteiger partial charge on any atom is -0.367 e. The van der Waals surface area contributed by atoms with Gasteiger partial charge < -0.3 is 11.1 Å². The van der Waals surface area contributed by atoms with Crippen molar-refractivity contribution in [3.05, 3.63) is 23.9 Å². The molecule has 1 saturated carbocycles. The van der Waals surface area contributed by atoms with E-state index in [4.69, 9.17) is 5.73 Å². The van der Waals surface area contributed by atoms with Crippen molar-refractivity contribution in [3.8, 4) is 0 Å². The molecule has 18 heavy (non-hydrogen) atoms. The first-order valence-electron chi connectivity index (χ1n) is 6.94. The van der Waals surface area contributed by atoms with Gasteiger partial charge in [-0.05, 0) is 42.7 Å². The van der Waals surface area contributed by atoms with E-state index in [1.165, 1.54) is 5.56 Å². The molecule has 1 aliphatic carbocycles. The van der Waals surface area contributed by atoms with Gasteiger partial charge in [-0.2, -0.15) is 0 Å². The van der Waals surface area contributed by atoms with Gasteiger partial charge in [-0.1, -0.05) is 26.8 Å². The van der Waals surface area contributed by atoms with Gasteiger partial charge in [-0.25, -0.2) is 4.98 Å². The number of nitrogens with one attached hydrogen (secondary N) is 1. The largest absolute Gasteiger partial charge is 0.367 e. The van der Waals surface area contributed by atoms with Crippen molar-refractivity contribution in [1.82, 2.24) is 4.98 Å². The van der Waals surface area contributed by atoms with Crippen LogP contribution in [0.2, 0.25) is 0 Å². The molecule has 0 amide bonds. The van der Waals surface area contributed by atoms with Crippen LogP contribution in [0.1, 0.15) is 52.0 Å². The van der Waals surface area contributed by atoms with Crippen molar-refractivity contribution in [1.29, 1.82) is 0 Å². The van der Waals surface area contributed by atoms with Crippen molar-refractivity contribution in [2.24, 2.45) is 5.73 Å². The topological polar surface area (TPSA) is 50.9 Å². The summed E-state index contributed by atoms with van der Waals surface area (Å²) >= 11 is 0. The fraction of sp³-hybridized carbons (Fsp3) is 0.667. The first kappa shape index (κ1) is 13.3. The minimum absolute atomic E-state index is 0.170. The number of anilines is 1. The predicted molar refractivity (Wildman–Crippen MR) is 76.8 cm³/mol. The van der Waals surface area contributed by atoms with Crippen molar-refractivity contribution < 1.29 is 0 Å². The van der Waals surface area contributed by atoms with Gasteiger partial charge in [0.25, 0.3) is 0 Å². The van der Waals surface area contributed by atoms with Crippen LogP contribution in [0.5, 0.6) is 0 Å². The van der Waals surface area contributed by atoms with E-state index in [9.17, 15) is 0 Å². The molecule has 100 valence electrons. The summed E-state index contributed by atoms with van der Waals surface area (Å²) in [6.07, 6.45) is 6.54. The zero-order chi connectivity index (χ0) is 13.2. The Kier molecular flexibility index (Phi) is 3.91. The van der Waals surface area contributed by atoms with Crippen LogP contribution in [-0.4, -0.2) is 17.1 Å². The summed E-state index contributed by atoms with van der Waals surface area (Å²) in [4.78, 5) is 4.52. The average Bonchev–Trinajstić information content (AvgIpc) is 2.32. The maximum Gasteiger partial charge on any atom is 0.126 e. The maximum atomic E-state index is 5.91. The molecular formula is C15H25N3. The molecule has 0 spiro atoms. The maximum absolute atomic E-state index is 5.91. The summed E-state index contributed by atoms with van der Waals surface area (Å²) in [7, 11) is 0. The lowest BCUT2D eigenvalue weighted by Gasteiger charge is -2.27. The van der Waals surface area contributed by atoms with E-state index >= 15 is 0 Å². The summed E-state index contributed by atoms with van der Waals surface area (Å²) in [6.45, 7) is 6.62. The van der Waals surface area contributed by atoms with Gasteiger partial charge in [0.1, 0.15) is 5.82 Å². The minimum atomic E-state index is 0.170. The molecule has 0 bridgehead atoms. The monoisotopic (exact) mass is 247 g/mol. The summed E-state index contributed by atoms with van der Waals surface area (Å²) in [5.74, 6) is 0.989. The molecule has 1 heterocycles. The SMILES string of the molecule is CC(C)(C)c1ccc(NC2CCC(N)CC2)nc1. The van der Waals surface area contributed by atoms with E-state index in [0.29, 0.717) is 12.1 Å². The van der Waals surface area contributed by atoms with Crippen molar-refractivity contribution >= 4 is 5.82 Å². The van der Waals surface area contributed by atoms with Gasteiger partial charge in [-0.3, -0.25) is 0 Å². The lowest BCUT2D eigenvalue weighted by Crippen LogP contribution is -2.33. The van der Waals surface area contributed by atoms with E-state index in [1.807, 2.05) is 6.20 Å². The zero-order valence-corrected chi connectivity index (χ0v) is 11.7. The molecule has 3 nitrogen and oxygen atoms in total. The normalized spacial score (nSPS) is 24.9. The third-order valence-electron chi connectivity index (χ3n) is 3.75. The summed E-state index contributed by atoms with van der Waals surface area (Å²) < 4.78 is 0. The fourth-order valence-corrected chi connectivity index (χ4v) is 2.40. The van der Waals surface area contributed by atoms with Crippen LogP contribution >= 0.6 is 0 Å². The molecule has 3 heteroatoms. The molecule has 1 aromatic heterocycles. The lowest BCUT2D eigenvalue weighted by atomic mass is 9.88. The van der Waals surface area contributed by atoms with Crippen LogP contribution in [-0.2, 0) is 5.41 Å². The van der Waals surface area contributed by atoms with Gasteiger partial charge in [0, 0.05) is 18.3 Å². The Morgan fingerprint density at radius 2 is 1.83 bits per heavy atom. The molecular weight excluding hydrogens is 222 g/mol. The van der Waals surface area contributed by atoms with Crippen LogP contribution in [0.15, 0.2) is 18.3 Å². The smallest absolute Gasteiger partial charge is 0.126 e. The number of nitrogens with zero attached hydrogens (tertiary/aromatic N) is 1. The van der Waals surface area contributed by atoms with Crippen LogP contribution < -0.4 is 11.1 Å². The van der Waals surface area contributed by atoms with Crippen molar-refractivity contribution in [2.45, 2.75) is 64.0 Å². The Labute approximate surface area is 110 Å². The number of hydrogen-bond acceptors (Lipinski definition) is 3. The Morgan fingerprint density at radius 1 is 1.17 bits per heavy atom. The number of hydrogen-bond donors (Lipinski definition) is 2. The first-order valence-corrected chi connectivity index (χ1v) is 6.94.